The first-order chi connectivity index (χ1) is 17.6. The van der Waals surface area contributed by atoms with Gasteiger partial charge in [0.1, 0.15) is 15.9 Å². The molecule has 37 heavy (non-hydrogen) atoms. The van der Waals surface area contributed by atoms with Crippen LogP contribution in [0.2, 0.25) is 0 Å². The van der Waals surface area contributed by atoms with E-state index in [2.05, 4.69) is 65.6 Å². The van der Waals surface area contributed by atoms with Crippen molar-refractivity contribution in [1.29, 1.82) is 0 Å². The summed E-state index contributed by atoms with van der Waals surface area (Å²) in [5.41, 5.74) is 2.52. The number of halogens is 1. The van der Waals surface area contributed by atoms with Crippen LogP contribution in [-0.2, 0) is 13.1 Å². The largest absolute Gasteiger partial charge is 1.00 e. The van der Waals surface area contributed by atoms with E-state index in [9.17, 15) is 4.79 Å². The first kappa shape index (κ1) is 27.1. The Morgan fingerprint density at radius 2 is 1.92 bits per heavy atom. The lowest BCUT2D eigenvalue weighted by Crippen LogP contribution is -3.00. The van der Waals surface area contributed by atoms with Gasteiger partial charge in [-0.05, 0) is 44.1 Å². The van der Waals surface area contributed by atoms with Crippen molar-refractivity contribution < 1.29 is 21.4 Å². The molecule has 1 aromatic carbocycles. The van der Waals surface area contributed by atoms with Gasteiger partial charge in [-0.2, -0.15) is 9.55 Å². The second kappa shape index (κ2) is 12.1. The van der Waals surface area contributed by atoms with Crippen molar-refractivity contribution in [1.82, 2.24) is 9.55 Å². The number of aromatic nitrogens is 3. The molecule has 0 N–H and O–H groups in total. The molecule has 0 saturated carbocycles. The normalized spacial score (nSPS) is 14.4. The Balaban J connectivity index is 0.00000320. The highest BCUT2D eigenvalue weighted by molar-refractivity contribution is 7.19. The molecule has 0 fully saturated rings. The molecule has 6 nitrogen and oxygen atoms in total. The number of thiazole rings is 2. The Morgan fingerprint density at radius 3 is 2.70 bits per heavy atom. The number of aryl methyl sites for hydroxylation is 1. The van der Waals surface area contributed by atoms with E-state index in [1.165, 1.54) is 21.6 Å². The SMILES string of the molecule is CCCCN1C=CC=c2o/c(=C/C=c3\s/c(=C\c4sc5ccccc5[n+]4CC)n(CCC)c3=O)nc21.[Cl-]. The van der Waals surface area contributed by atoms with Crippen LogP contribution in [0, 0.1) is 0 Å². The first-order valence-corrected chi connectivity index (χ1v) is 14.2. The maximum atomic E-state index is 13.3. The second-order valence-corrected chi connectivity index (χ2v) is 10.8. The molecule has 0 radical (unpaired) electrons. The number of para-hydroxylation sites is 1. The van der Waals surface area contributed by atoms with Crippen molar-refractivity contribution in [3.05, 3.63) is 72.1 Å². The summed E-state index contributed by atoms with van der Waals surface area (Å²) in [5.74, 6) is 0.836. The van der Waals surface area contributed by atoms with Crippen molar-refractivity contribution in [3.63, 3.8) is 0 Å². The summed E-state index contributed by atoms with van der Waals surface area (Å²) >= 11 is 3.28. The van der Waals surface area contributed by atoms with Gasteiger partial charge < -0.3 is 21.7 Å². The van der Waals surface area contributed by atoms with E-state index >= 15 is 0 Å². The third-order valence-electron chi connectivity index (χ3n) is 6.15. The van der Waals surface area contributed by atoms with Gasteiger partial charge in [0.2, 0.25) is 11.1 Å². The fraction of sp³-hybridized carbons (Fsp3) is 0.321. The number of fused-ring (bicyclic) bond motifs is 2. The summed E-state index contributed by atoms with van der Waals surface area (Å²) in [7, 11) is 0. The zero-order valence-corrected chi connectivity index (χ0v) is 23.7. The van der Waals surface area contributed by atoms with Gasteiger partial charge in [0.05, 0.1) is 10.6 Å². The standard InChI is InChI=1S/C28H31N4O2S2.ClH/c1-4-7-17-30-18-10-12-21-27(30)29-24(34-21)15-14-23-28(33)32(16-5-2)26(36-23)19-25-31(6-3)20-11-8-9-13-22(20)35-25;/h8-15,18-19H,4-7,16-17H2,1-3H3;1H/q+1;/p-1/b23-14-,24-15+;. The van der Waals surface area contributed by atoms with Gasteiger partial charge in [-0.1, -0.05) is 43.7 Å². The number of benzene rings is 1. The molecule has 0 spiro atoms. The molecule has 0 aliphatic carbocycles. The molecule has 0 unspecified atom stereocenters. The fourth-order valence-electron chi connectivity index (χ4n) is 4.37. The second-order valence-electron chi connectivity index (χ2n) is 8.69. The third kappa shape index (κ3) is 5.51. The Hall–Kier alpha value is -2.94. The quantitative estimate of drug-likeness (QED) is 0.284. The molecule has 0 atom stereocenters. The van der Waals surface area contributed by atoms with Gasteiger partial charge in [0.25, 0.3) is 10.6 Å². The lowest BCUT2D eigenvalue weighted by atomic mass is 10.3. The van der Waals surface area contributed by atoms with E-state index in [0.717, 1.165) is 53.3 Å². The van der Waals surface area contributed by atoms with Crippen LogP contribution in [0.15, 0.2) is 45.8 Å². The topological polar surface area (TPSA) is 55.2 Å². The van der Waals surface area contributed by atoms with Crippen LogP contribution in [0.25, 0.3) is 34.5 Å². The van der Waals surface area contributed by atoms with E-state index in [1.807, 2.05) is 35.1 Å². The summed E-state index contributed by atoms with van der Waals surface area (Å²) in [4.78, 5) is 20.1. The molecule has 4 heterocycles. The van der Waals surface area contributed by atoms with E-state index < -0.39 is 0 Å². The highest BCUT2D eigenvalue weighted by Gasteiger charge is 2.17. The lowest BCUT2D eigenvalue weighted by Gasteiger charge is -2.18. The highest BCUT2D eigenvalue weighted by atomic mass is 35.5. The first-order valence-electron chi connectivity index (χ1n) is 12.6. The molecular formula is C28H31ClN4O2S2. The molecule has 4 aromatic rings. The van der Waals surface area contributed by atoms with Crippen LogP contribution in [0.4, 0.5) is 5.82 Å². The van der Waals surface area contributed by atoms with Gasteiger partial charge in [-0.15, -0.1) is 11.3 Å². The molecule has 1 aliphatic heterocycles. The van der Waals surface area contributed by atoms with E-state index in [4.69, 9.17) is 4.42 Å². The maximum absolute atomic E-state index is 13.3. The van der Waals surface area contributed by atoms with Crippen molar-refractivity contribution >= 4 is 63.0 Å². The summed E-state index contributed by atoms with van der Waals surface area (Å²) in [6.45, 7) is 8.91. The molecular weight excluding hydrogens is 524 g/mol. The Labute approximate surface area is 229 Å². The molecule has 0 saturated heterocycles. The Morgan fingerprint density at radius 1 is 1.08 bits per heavy atom. The number of hydrogen-bond acceptors (Lipinski definition) is 6. The van der Waals surface area contributed by atoms with Crippen LogP contribution in [-0.4, -0.2) is 16.1 Å². The highest BCUT2D eigenvalue weighted by Crippen LogP contribution is 2.20. The molecule has 1 aliphatic rings. The predicted molar refractivity (Wildman–Crippen MR) is 150 cm³/mol. The average Bonchev–Trinajstić information content (AvgIpc) is 3.55. The average molecular weight is 555 g/mol. The van der Waals surface area contributed by atoms with Gasteiger partial charge in [-0.3, -0.25) is 9.36 Å². The number of allylic oxidation sites excluding steroid dienone is 1. The fourth-order valence-corrected chi connectivity index (χ4v) is 6.62. The van der Waals surface area contributed by atoms with Crippen LogP contribution in [0.3, 0.4) is 0 Å². The molecule has 0 bridgehead atoms. The maximum Gasteiger partial charge on any atom is 0.269 e. The Kier molecular flexibility index (Phi) is 8.84. The summed E-state index contributed by atoms with van der Waals surface area (Å²) in [6, 6.07) is 8.45. The van der Waals surface area contributed by atoms with Crippen LogP contribution in [0.1, 0.15) is 45.0 Å². The van der Waals surface area contributed by atoms with Crippen LogP contribution in [0.5, 0.6) is 0 Å². The summed E-state index contributed by atoms with van der Waals surface area (Å²) < 4.78 is 13.1. The number of rotatable bonds is 8. The molecule has 3 aromatic heterocycles. The molecule has 194 valence electrons. The number of oxazole rings is 1. The van der Waals surface area contributed by atoms with E-state index in [1.54, 1.807) is 11.3 Å². The smallest absolute Gasteiger partial charge is 0.269 e. The van der Waals surface area contributed by atoms with Gasteiger partial charge in [0, 0.05) is 31.4 Å². The molecule has 9 heteroatoms. The molecule has 0 amide bonds. The zero-order valence-electron chi connectivity index (χ0n) is 21.3. The van der Waals surface area contributed by atoms with Crippen molar-refractivity contribution in [2.24, 2.45) is 0 Å². The van der Waals surface area contributed by atoms with Crippen LogP contribution < -0.4 is 47.6 Å². The molecule has 5 rings (SSSR count). The minimum Gasteiger partial charge on any atom is -1.00 e. The Bertz CT molecular complexity index is 1730. The lowest BCUT2D eigenvalue weighted by molar-refractivity contribution is -0.665. The van der Waals surface area contributed by atoms with E-state index in [0.29, 0.717) is 16.6 Å². The van der Waals surface area contributed by atoms with Crippen molar-refractivity contribution in [2.45, 2.75) is 53.1 Å². The summed E-state index contributed by atoms with van der Waals surface area (Å²) in [5, 5.41) is 1.15. The van der Waals surface area contributed by atoms with Gasteiger partial charge in [-0.25, -0.2) is 0 Å². The minimum absolute atomic E-state index is 0. The van der Waals surface area contributed by atoms with Crippen molar-refractivity contribution in [3.8, 4) is 0 Å². The van der Waals surface area contributed by atoms with Crippen molar-refractivity contribution in [2.75, 3.05) is 11.4 Å². The number of unbranched alkanes of at least 4 members (excludes halogenated alkanes) is 1. The van der Waals surface area contributed by atoms with Gasteiger partial charge >= 0.3 is 0 Å². The number of hydrogen-bond donors (Lipinski definition) is 0. The number of nitrogens with zero attached hydrogens (tertiary/aromatic N) is 4. The predicted octanol–water partition coefficient (Wildman–Crippen LogP) is -0.162. The number of anilines is 1. The minimum atomic E-state index is 0. The monoisotopic (exact) mass is 554 g/mol. The third-order valence-corrected chi connectivity index (χ3v) is 8.34. The van der Waals surface area contributed by atoms with E-state index in [-0.39, 0.29) is 18.0 Å². The van der Waals surface area contributed by atoms with Gasteiger partial charge in [0.15, 0.2) is 11.2 Å². The zero-order chi connectivity index (χ0) is 25.1. The van der Waals surface area contributed by atoms with Crippen LogP contribution >= 0.6 is 22.7 Å². The summed E-state index contributed by atoms with van der Waals surface area (Å²) in [6.07, 6.45) is 14.9.